The van der Waals surface area contributed by atoms with Gasteiger partial charge in [0.15, 0.2) is 0 Å². The van der Waals surface area contributed by atoms with Crippen LogP contribution in [-0.4, -0.2) is 14.5 Å². The third kappa shape index (κ3) is 2.21. The Bertz CT molecular complexity index is 786. The molecule has 1 saturated carbocycles. The Kier molecular flexibility index (Phi) is 2.97. The lowest BCUT2D eigenvalue weighted by molar-refractivity contribution is 0.714. The molecule has 2 N–H and O–H groups in total. The highest BCUT2D eigenvalue weighted by atomic mass is 15.1. The molecule has 0 aliphatic heterocycles. The zero-order valence-corrected chi connectivity index (χ0v) is 11.9. The van der Waals surface area contributed by atoms with Crippen LogP contribution in [-0.2, 0) is 13.0 Å². The van der Waals surface area contributed by atoms with E-state index in [1.54, 1.807) is 0 Å². The third-order valence-corrected chi connectivity index (χ3v) is 4.16. The first-order valence-electron chi connectivity index (χ1n) is 7.44. The van der Waals surface area contributed by atoms with Crippen LogP contribution in [0, 0.1) is 0 Å². The lowest BCUT2D eigenvalue weighted by Gasteiger charge is -2.10. The molecular weight excluding hydrogens is 260 g/mol. The maximum absolute atomic E-state index is 5.85. The maximum atomic E-state index is 5.85. The zero-order chi connectivity index (χ0) is 14.2. The number of fused-ring (bicyclic) bond motifs is 1. The first kappa shape index (κ1) is 12.5. The summed E-state index contributed by atoms with van der Waals surface area (Å²) in [6, 6.07) is 11.0. The van der Waals surface area contributed by atoms with Gasteiger partial charge in [0.05, 0.1) is 11.7 Å². The van der Waals surface area contributed by atoms with Crippen LogP contribution in [0.25, 0.3) is 11.0 Å². The fourth-order valence-corrected chi connectivity index (χ4v) is 2.96. The predicted octanol–water partition coefficient (Wildman–Crippen LogP) is 2.82. The number of hydrogen-bond donors (Lipinski definition) is 1. The lowest BCUT2D eigenvalue weighted by Crippen LogP contribution is -2.06. The van der Waals surface area contributed by atoms with Crippen LogP contribution >= 0.6 is 0 Å². The van der Waals surface area contributed by atoms with Crippen LogP contribution in [0.2, 0.25) is 0 Å². The Morgan fingerprint density at radius 3 is 2.71 bits per heavy atom. The molecule has 4 rings (SSSR count). The molecule has 0 amide bonds. The van der Waals surface area contributed by atoms with E-state index in [4.69, 9.17) is 10.7 Å². The van der Waals surface area contributed by atoms with E-state index >= 15 is 0 Å². The van der Waals surface area contributed by atoms with E-state index in [1.165, 1.54) is 29.5 Å². The summed E-state index contributed by atoms with van der Waals surface area (Å²) in [5, 5.41) is 0. The maximum Gasteiger partial charge on any atom is 0.114 e. The monoisotopic (exact) mass is 278 g/mol. The fraction of sp³-hybridized carbons (Fsp3) is 0.294. The summed E-state index contributed by atoms with van der Waals surface area (Å²) in [6.07, 6.45) is 7.03. The van der Waals surface area contributed by atoms with Crippen molar-refractivity contribution >= 4 is 11.0 Å². The molecule has 1 fully saturated rings. The van der Waals surface area contributed by atoms with Gasteiger partial charge in [-0.15, -0.1) is 0 Å². The van der Waals surface area contributed by atoms with Crippen molar-refractivity contribution in [3.05, 3.63) is 59.7 Å². The second-order valence-electron chi connectivity index (χ2n) is 5.64. The molecule has 0 unspecified atom stereocenters. The average Bonchev–Trinajstić information content (AvgIpc) is 3.29. The summed E-state index contributed by atoms with van der Waals surface area (Å²) >= 11 is 0. The summed E-state index contributed by atoms with van der Waals surface area (Å²) in [5.74, 6) is 1.13. The van der Waals surface area contributed by atoms with Gasteiger partial charge in [-0.2, -0.15) is 0 Å². The second kappa shape index (κ2) is 4.97. The number of imidazole rings is 1. The largest absolute Gasteiger partial charge is 0.326 e. The molecule has 0 spiro atoms. The Balaban J connectivity index is 1.81. The smallest absolute Gasteiger partial charge is 0.114 e. The number of rotatable bonds is 4. The lowest BCUT2D eigenvalue weighted by atomic mass is 10.0. The Morgan fingerprint density at radius 1 is 1.14 bits per heavy atom. The van der Waals surface area contributed by atoms with E-state index in [0.29, 0.717) is 12.6 Å². The summed E-state index contributed by atoms with van der Waals surface area (Å²) in [7, 11) is 0. The van der Waals surface area contributed by atoms with Crippen LogP contribution in [0.3, 0.4) is 0 Å². The summed E-state index contributed by atoms with van der Waals surface area (Å²) < 4.78 is 2.39. The minimum absolute atomic E-state index is 0.571. The first-order chi connectivity index (χ1) is 10.4. The first-order valence-corrected chi connectivity index (χ1v) is 7.44. The van der Waals surface area contributed by atoms with Gasteiger partial charge in [0.25, 0.3) is 0 Å². The molecule has 106 valence electrons. The van der Waals surface area contributed by atoms with E-state index in [0.717, 1.165) is 17.8 Å². The van der Waals surface area contributed by atoms with Gasteiger partial charge in [0, 0.05) is 25.2 Å². The van der Waals surface area contributed by atoms with Crippen LogP contribution < -0.4 is 5.73 Å². The number of aromatic nitrogens is 3. The molecule has 1 aromatic carbocycles. The van der Waals surface area contributed by atoms with Gasteiger partial charge in [-0.05, 0) is 30.0 Å². The van der Waals surface area contributed by atoms with Crippen LogP contribution in [0.15, 0.2) is 42.7 Å². The van der Waals surface area contributed by atoms with Crippen molar-refractivity contribution in [3.63, 3.8) is 0 Å². The number of nitrogens with two attached hydrogens (primary N) is 1. The normalized spacial score (nSPS) is 14.7. The van der Waals surface area contributed by atoms with Crippen molar-refractivity contribution in [2.75, 3.05) is 0 Å². The highest BCUT2D eigenvalue weighted by molar-refractivity contribution is 5.75. The molecule has 2 aromatic heterocycles. The van der Waals surface area contributed by atoms with Gasteiger partial charge in [-0.25, -0.2) is 4.98 Å². The van der Waals surface area contributed by atoms with Gasteiger partial charge in [-0.3, -0.25) is 4.98 Å². The predicted molar refractivity (Wildman–Crippen MR) is 82.9 cm³/mol. The molecule has 3 aromatic rings. The molecule has 1 aliphatic rings. The van der Waals surface area contributed by atoms with Crippen molar-refractivity contribution in [3.8, 4) is 0 Å². The van der Waals surface area contributed by atoms with Crippen LogP contribution in [0.4, 0.5) is 0 Å². The van der Waals surface area contributed by atoms with Crippen molar-refractivity contribution in [2.24, 2.45) is 5.73 Å². The van der Waals surface area contributed by atoms with E-state index in [9.17, 15) is 0 Å². The Morgan fingerprint density at radius 2 is 1.95 bits per heavy atom. The molecule has 4 heteroatoms. The number of hydrogen-bond acceptors (Lipinski definition) is 3. The van der Waals surface area contributed by atoms with Crippen LogP contribution in [0.5, 0.6) is 0 Å². The Hall–Kier alpha value is -2.20. The van der Waals surface area contributed by atoms with Crippen LogP contribution in [0.1, 0.15) is 35.8 Å². The minimum atomic E-state index is 0.571. The van der Waals surface area contributed by atoms with Gasteiger partial charge in [-0.1, -0.05) is 24.3 Å². The molecule has 1 aliphatic carbocycles. The van der Waals surface area contributed by atoms with Gasteiger partial charge >= 0.3 is 0 Å². The number of benzene rings is 1. The van der Waals surface area contributed by atoms with Crippen molar-refractivity contribution in [1.82, 2.24) is 14.5 Å². The summed E-state index contributed by atoms with van der Waals surface area (Å²) in [6.45, 7) is 0.571. The Labute approximate surface area is 123 Å². The molecule has 4 nitrogen and oxygen atoms in total. The molecule has 0 radical (unpaired) electrons. The third-order valence-electron chi connectivity index (χ3n) is 4.16. The minimum Gasteiger partial charge on any atom is -0.326 e. The highest BCUT2D eigenvalue weighted by Gasteiger charge is 2.28. The van der Waals surface area contributed by atoms with Gasteiger partial charge in [0.1, 0.15) is 11.3 Å². The van der Waals surface area contributed by atoms with Crippen molar-refractivity contribution in [2.45, 2.75) is 31.8 Å². The number of nitrogens with zero attached hydrogens (tertiary/aromatic N) is 3. The standard InChI is InChI=1S/C17H18N4/c18-10-13-4-2-1-3-12(13)9-17-20-15-11-19-8-7-16(15)21(17)14-5-6-14/h1-4,7-8,11,14H,5-6,9-10,18H2. The quantitative estimate of drug-likeness (QED) is 0.798. The second-order valence-corrected chi connectivity index (χ2v) is 5.64. The zero-order valence-electron chi connectivity index (χ0n) is 11.9. The average molecular weight is 278 g/mol. The fourth-order valence-electron chi connectivity index (χ4n) is 2.96. The highest BCUT2D eigenvalue weighted by Crippen LogP contribution is 2.39. The molecular formula is C17H18N4. The summed E-state index contributed by atoms with van der Waals surface area (Å²) in [5.41, 5.74) is 10.5. The molecule has 21 heavy (non-hydrogen) atoms. The van der Waals surface area contributed by atoms with E-state index < -0.39 is 0 Å². The van der Waals surface area contributed by atoms with E-state index in [-0.39, 0.29) is 0 Å². The van der Waals surface area contributed by atoms with Crippen molar-refractivity contribution < 1.29 is 0 Å². The summed E-state index contributed by atoms with van der Waals surface area (Å²) in [4.78, 5) is 9.00. The van der Waals surface area contributed by atoms with Gasteiger partial charge < -0.3 is 10.3 Å². The SMILES string of the molecule is NCc1ccccc1Cc1nc2cnccc2n1C1CC1. The van der Waals surface area contributed by atoms with E-state index in [1.807, 2.05) is 18.5 Å². The molecule has 0 saturated heterocycles. The molecule has 0 atom stereocenters. The number of pyridine rings is 1. The van der Waals surface area contributed by atoms with Crippen molar-refractivity contribution in [1.29, 1.82) is 0 Å². The van der Waals surface area contributed by atoms with Gasteiger partial charge in [0.2, 0.25) is 0 Å². The molecule has 0 bridgehead atoms. The molecule has 2 heterocycles. The van der Waals surface area contributed by atoms with E-state index in [2.05, 4.69) is 33.8 Å². The topological polar surface area (TPSA) is 56.7 Å².